The van der Waals surface area contributed by atoms with Crippen molar-refractivity contribution in [1.29, 1.82) is 0 Å². The first kappa shape index (κ1) is 15.1. The topological polar surface area (TPSA) is 72.6 Å². The molecule has 0 aromatic heterocycles. The van der Waals surface area contributed by atoms with E-state index < -0.39 is 5.91 Å². The van der Waals surface area contributed by atoms with Gasteiger partial charge in [-0.2, -0.15) is 0 Å². The number of carbonyl (C=O) groups is 1. The zero-order valence-corrected chi connectivity index (χ0v) is 12.0. The number of amides is 1. The second-order valence-electron chi connectivity index (χ2n) is 4.91. The fourth-order valence-corrected chi connectivity index (χ4v) is 2.05. The molecule has 21 heavy (non-hydrogen) atoms. The number of benzene rings is 2. The molecule has 4 heteroatoms. The van der Waals surface area contributed by atoms with E-state index in [1.807, 2.05) is 37.3 Å². The molecule has 0 aliphatic carbocycles. The van der Waals surface area contributed by atoms with Crippen LogP contribution < -0.4 is 10.5 Å². The van der Waals surface area contributed by atoms with Crippen molar-refractivity contribution < 1.29 is 14.6 Å². The summed E-state index contributed by atoms with van der Waals surface area (Å²) in [6.45, 7) is 2.51. The van der Waals surface area contributed by atoms with Crippen LogP contribution in [0.5, 0.6) is 5.75 Å². The number of rotatable bonds is 6. The van der Waals surface area contributed by atoms with Crippen molar-refractivity contribution in [1.82, 2.24) is 0 Å². The van der Waals surface area contributed by atoms with Crippen molar-refractivity contribution >= 4 is 5.91 Å². The van der Waals surface area contributed by atoms with Gasteiger partial charge < -0.3 is 15.6 Å². The lowest BCUT2D eigenvalue weighted by Gasteiger charge is -2.10. The van der Waals surface area contributed by atoms with Crippen LogP contribution in [0.15, 0.2) is 42.5 Å². The second kappa shape index (κ2) is 6.90. The van der Waals surface area contributed by atoms with Crippen LogP contribution in [0.2, 0.25) is 0 Å². The Morgan fingerprint density at radius 1 is 1.19 bits per heavy atom. The van der Waals surface area contributed by atoms with Gasteiger partial charge in [0, 0.05) is 12.2 Å². The molecule has 0 radical (unpaired) electrons. The number of ether oxygens (including phenoxy) is 1. The van der Waals surface area contributed by atoms with E-state index in [2.05, 4.69) is 0 Å². The number of hydrogen-bond donors (Lipinski definition) is 2. The van der Waals surface area contributed by atoms with Crippen molar-refractivity contribution in [2.24, 2.45) is 5.73 Å². The number of carbonyl (C=O) groups excluding carboxylic acids is 1. The number of primary amides is 1. The maximum absolute atomic E-state index is 11.1. The molecular formula is C17H19NO3. The Bertz CT molecular complexity index is 620. The van der Waals surface area contributed by atoms with Gasteiger partial charge in [-0.3, -0.25) is 4.79 Å². The average Bonchev–Trinajstić information content (AvgIpc) is 2.47. The summed E-state index contributed by atoms with van der Waals surface area (Å²) in [5.41, 5.74) is 8.82. The summed E-state index contributed by atoms with van der Waals surface area (Å²) in [5.74, 6) is 0.347. The molecule has 2 aromatic carbocycles. The smallest absolute Gasteiger partial charge is 0.248 e. The zero-order chi connectivity index (χ0) is 15.2. The monoisotopic (exact) mass is 285 g/mol. The van der Waals surface area contributed by atoms with Crippen molar-refractivity contribution in [3.8, 4) is 5.75 Å². The lowest BCUT2D eigenvalue weighted by atomic mass is 10.1. The van der Waals surface area contributed by atoms with E-state index in [0.29, 0.717) is 18.6 Å². The van der Waals surface area contributed by atoms with Crippen LogP contribution in [-0.4, -0.2) is 17.6 Å². The molecule has 1 amide bonds. The van der Waals surface area contributed by atoms with E-state index in [4.69, 9.17) is 15.6 Å². The minimum atomic E-state index is -0.426. The average molecular weight is 285 g/mol. The third-order valence-electron chi connectivity index (χ3n) is 3.35. The summed E-state index contributed by atoms with van der Waals surface area (Å²) >= 11 is 0. The van der Waals surface area contributed by atoms with E-state index in [1.165, 1.54) is 0 Å². The van der Waals surface area contributed by atoms with Gasteiger partial charge in [-0.15, -0.1) is 0 Å². The van der Waals surface area contributed by atoms with Crippen molar-refractivity contribution in [3.63, 3.8) is 0 Å². The predicted molar refractivity (Wildman–Crippen MR) is 81.3 cm³/mol. The molecule has 0 aliphatic heterocycles. The lowest BCUT2D eigenvalue weighted by Crippen LogP contribution is -2.11. The van der Waals surface area contributed by atoms with E-state index >= 15 is 0 Å². The first-order chi connectivity index (χ1) is 10.1. The minimum Gasteiger partial charge on any atom is -0.489 e. The van der Waals surface area contributed by atoms with E-state index in [1.54, 1.807) is 12.1 Å². The Morgan fingerprint density at radius 2 is 1.90 bits per heavy atom. The largest absolute Gasteiger partial charge is 0.489 e. The fraction of sp³-hybridized carbons (Fsp3) is 0.235. The predicted octanol–water partition coefficient (Wildman–Crippen LogP) is 2.21. The highest BCUT2D eigenvalue weighted by molar-refractivity contribution is 5.93. The van der Waals surface area contributed by atoms with Gasteiger partial charge in [0.05, 0.1) is 0 Å². The SMILES string of the molecule is Cc1cc(C(N)=O)ccc1COc1ccc(CCO)cc1. The van der Waals surface area contributed by atoms with E-state index in [0.717, 1.165) is 22.4 Å². The van der Waals surface area contributed by atoms with Crippen molar-refractivity contribution in [2.45, 2.75) is 20.0 Å². The maximum atomic E-state index is 11.1. The van der Waals surface area contributed by atoms with Crippen LogP contribution >= 0.6 is 0 Å². The van der Waals surface area contributed by atoms with Crippen LogP contribution in [0.25, 0.3) is 0 Å². The second-order valence-corrected chi connectivity index (χ2v) is 4.91. The number of aliphatic hydroxyl groups excluding tert-OH is 1. The molecule has 0 bridgehead atoms. The van der Waals surface area contributed by atoms with Gasteiger partial charge in [0.2, 0.25) is 5.91 Å². The lowest BCUT2D eigenvalue weighted by molar-refractivity contribution is 0.1000. The summed E-state index contributed by atoms with van der Waals surface area (Å²) in [4.78, 5) is 11.1. The van der Waals surface area contributed by atoms with Gasteiger partial charge in [-0.05, 0) is 54.3 Å². The van der Waals surface area contributed by atoms with Gasteiger partial charge in [-0.25, -0.2) is 0 Å². The number of aliphatic hydroxyl groups is 1. The molecule has 0 heterocycles. The molecule has 2 aromatic rings. The van der Waals surface area contributed by atoms with Crippen molar-refractivity contribution in [2.75, 3.05) is 6.61 Å². The molecule has 4 nitrogen and oxygen atoms in total. The normalized spacial score (nSPS) is 10.4. The van der Waals surface area contributed by atoms with Gasteiger partial charge in [0.15, 0.2) is 0 Å². The number of hydrogen-bond acceptors (Lipinski definition) is 3. The highest BCUT2D eigenvalue weighted by Crippen LogP contribution is 2.17. The first-order valence-electron chi connectivity index (χ1n) is 6.82. The Morgan fingerprint density at radius 3 is 2.48 bits per heavy atom. The minimum absolute atomic E-state index is 0.144. The van der Waals surface area contributed by atoms with Crippen LogP contribution in [-0.2, 0) is 13.0 Å². The molecule has 0 saturated heterocycles. The third kappa shape index (κ3) is 4.07. The quantitative estimate of drug-likeness (QED) is 0.854. The standard InChI is InChI=1S/C17H19NO3/c1-12-10-14(17(18)20)4-5-15(12)11-21-16-6-2-13(3-7-16)8-9-19/h2-7,10,19H,8-9,11H2,1H3,(H2,18,20). The van der Waals surface area contributed by atoms with E-state index in [9.17, 15) is 4.79 Å². The Balaban J connectivity index is 2.01. The molecule has 0 spiro atoms. The molecule has 0 fully saturated rings. The summed E-state index contributed by atoms with van der Waals surface area (Å²) < 4.78 is 5.73. The van der Waals surface area contributed by atoms with Gasteiger partial charge in [0.25, 0.3) is 0 Å². The van der Waals surface area contributed by atoms with E-state index in [-0.39, 0.29) is 6.61 Å². The molecule has 3 N–H and O–H groups in total. The van der Waals surface area contributed by atoms with Crippen LogP contribution in [0.3, 0.4) is 0 Å². The number of nitrogens with two attached hydrogens (primary N) is 1. The molecule has 0 saturated carbocycles. The Hall–Kier alpha value is -2.33. The van der Waals surface area contributed by atoms with Crippen LogP contribution in [0.1, 0.15) is 27.0 Å². The third-order valence-corrected chi connectivity index (χ3v) is 3.35. The molecule has 0 unspecified atom stereocenters. The molecular weight excluding hydrogens is 266 g/mol. The highest BCUT2D eigenvalue weighted by Gasteiger charge is 2.05. The van der Waals surface area contributed by atoms with Crippen molar-refractivity contribution in [3.05, 3.63) is 64.7 Å². The highest BCUT2D eigenvalue weighted by atomic mass is 16.5. The molecule has 110 valence electrons. The number of aryl methyl sites for hydroxylation is 1. The van der Waals surface area contributed by atoms with Gasteiger partial charge >= 0.3 is 0 Å². The summed E-state index contributed by atoms with van der Waals surface area (Å²) in [6.07, 6.45) is 0.647. The van der Waals surface area contributed by atoms with Crippen LogP contribution in [0, 0.1) is 6.92 Å². The Kier molecular flexibility index (Phi) is 4.95. The molecule has 2 rings (SSSR count). The summed E-state index contributed by atoms with van der Waals surface area (Å²) in [7, 11) is 0. The fourth-order valence-electron chi connectivity index (χ4n) is 2.05. The first-order valence-corrected chi connectivity index (χ1v) is 6.82. The summed E-state index contributed by atoms with van der Waals surface area (Å²) in [5, 5.41) is 8.87. The van der Waals surface area contributed by atoms with Crippen LogP contribution in [0.4, 0.5) is 0 Å². The maximum Gasteiger partial charge on any atom is 0.248 e. The Labute approximate surface area is 124 Å². The molecule has 0 aliphatic rings. The van der Waals surface area contributed by atoms with Gasteiger partial charge in [-0.1, -0.05) is 18.2 Å². The zero-order valence-electron chi connectivity index (χ0n) is 12.0. The summed E-state index contributed by atoms with van der Waals surface area (Å²) in [6, 6.07) is 13.0. The van der Waals surface area contributed by atoms with Gasteiger partial charge in [0.1, 0.15) is 12.4 Å². The molecule has 0 atom stereocenters.